The Morgan fingerprint density at radius 2 is 2.27 bits per heavy atom. The summed E-state index contributed by atoms with van der Waals surface area (Å²) in [5, 5.41) is 8.75. The van der Waals surface area contributed by atoms with Crippen molar-refractivity contribution in [1.82, 2.24) is 0 Å². The number of aliphatic carboxylic acids is 1. The number of carbonyl (C=O) groups is 1. The molecule has 0 saturated heterocycles. The van der Waals surface area contributed by atoms with Crippen molar-refractivity contribution in [1.29, 1.82) is 0 Å². The summed E-state index contributed by atoms with van der Waals surface area (Å²) in [5.41, 5.74) is 0. The number of rotatable bonds is 2. The maximum atomic E-state index is 10.6. The van der Waals surface area contributed by atoms with E-state index in [4.69, 9.17) is 5.11 Å². The molecule has 0 aromatic carbocycles. The molecule has 1 saturated carbocycles. The van der Waals surface area contributed by atoms with E-state index in [2.05, 4.69) is 6.92 Å². The lowest BCUT2D eigenvalue weighted by Crippen LogP contribution is -2.22. The van der Waals surface area contributed by atoms with Crippen LogP contribution >= 0.6 is 0 Å². The first kappa shape index (κ1) is 8.57. The summed E-state index contributed by atoms with van der Waals surface area (Å²) < 4.78 is 0. The second kappa shape index (κ2) is 3.74. The Morgan fingerprint density at radius 1 is 1.55 bits per heavy atom. The van der Waals surface area contributed by atoms with Gasteiger partial charge in [-0.05, 0) is 18.8 Å². The van der Waals surface area contributed by atoms with E-state index >= 15 is 0 Å². The highest BCUT2D eigenvalue weighted by atomic mass is 16.4. The van der Waals surface area contributed by atoms with Gasteiger partial charge in [0.25, 0.3) is 0 Å². The monoisotopic (exact) mass is 156 g/mol. The topological polar surface area (TPSA) is 37.3 Å². The Labute approximate surface area is 67.6 Å². The number of carboxylic acids is 1. The standard InChI is InChI=1S/C9H16O2/c1-2-7-4-3-5-8(6-7)9(10)11/h7-8H,2-6H2,1H3,(H,10,11)/t7-,8+/m0/s1. The van der Waals surface area contributed by atoms with Crippen LogP contribution in [0.25, 0.3) is 0 Å². The van der Waals surface area contributed by atoms with Gasteiger partial charge in [-0.15, -0.1) is 0 Å². The first-order valence-corrected chi connectivity index (χ1v) is 4.46. The molecule has 1 aliphatic rings. The van der Waals surface area contributed by atoms with Crippen LogP contribution in [-0.2, 0) is 4.79 Å². The van der Waals surface area contributed by atoms with Crippen LogP contribution in [-0.4, -0.2) is 11.1 Å². The van der Waals surface area contributed by atoms with Crippen LogP contribution in [0.15, 0.2) is 0 Å². The summed E-state index contributed by atoms with van der Waals surface area (Å²) in [6.45, 7) is 2.15. The molecule has 64 valence electrons. The third-order valence-electron chi connectivity index (χ3n) is 2.71. The fourth-order valence-corrected chi connectivity index (χ4v) is 1.89. The van der Waals surface area contributed by atoms with Crippen molar-refractivity contribution in [2.45, 2.75) is 39.0 Å². The van der Waals surface area contributed by atoms with E-state index in [9.17, 15) is 4.79 Å². The molecule has 0 unspecified atom stereocenters. The molecule has 0 heterocycles. The molecule has 1 rings (SSSR count). The highest BCUT2D eigenvalue weighted by molar-refractivity contribution is 5.70. The molecular formula is C9H16O2. The van der Waals surface area contributed by atoms with Gasteiger partial charge in [-0.2, -0.15) is 0 Å². The lowest BCUT2D eigenvalue weighted by atomic mass is 9.80. The van der Waals surface area contributed by atoms with Crippen molar-refractivity contribution < 1.29 is 9.90 Å². The number of carboxylic acid groups (broad SMARTS) is 1. The lowest BCUT2D eigenvalue weighted by Gasteiger charge is -2.25. The van der Waals surface area contributed by atoms with E-state index in [1.165, 1.54) is 6.42 Å². The summed E-state index contributed by atoms with van der Waals surface area (Å²) in [5.74, 6) is 0.0294. The second-order valence-electron chi connectivity index (χ2n) is 3.48. The van der Waals surface area contributed by atoms with Gasteiger partial charge < -0.3 is 5.11 Å². The Kier molecular flexibility index (Phi) is 2.92. The average molecular weight is 156 g/mol. The molecule has 0 bridgehead atoms. The van der Waals surface area contributed by atoms with Crippen LogP contribution < -0.4 is 0 Å². The van der Waals surface area contributed by atoms with Crippen LogP contribution in [0.1, 0.15) is 39.0 Å². The van der Waals surface area contributed by atoms with E-state index < -0.39 is 5.97 Å². The van der Waals surface area contributed by atoms with Gasteiger partial charge in [0.15, 0.2) is 0 Å². The Hall–Kier alpha value is -0.530. The van der Waals surface area contributed by atoms with Crippen molar-refractivity contribution in [3.8, 4) is 0 Å². The highest BCUT2D eigenvalue weighted by Crippen LogP contribution is 2.30. The van der Waals surface area contributed by atoms with E-state index in [1.807, 2.05) is 0 Å². The van der Waals surface area contributed by atoms with Crippen molar-refractivity contribution in [2.24, 2.45) is 11.8 Å². The fourth-order valence-electron chi connectivity index (χ4n) is 1.89. The fraction of sp³-hybridized carbons (Fsp3) is 0.889. The van der Waals surface area contributed by atoms with Gasteiger partial charge in [0, 0.05) is 0 Å². The minimum Gasteiger partial charge on any atom is -0.481 e. The minimum absolute atomic E-state index is 0.0475. The number of hydrogen-bond donors (Lipinski definition) is 1. The summed E-state index contributed by atoms with van der Waals surface area (Å²) in [7, 11) is 0. The molecule has 0 amide bonds. The Bertz CT molecular complexity index is 142. The van der Waals surface area contributed by atoms with Crippen LogP contribution in [0, 0.1) is 11.8 Å². The predicted molar refractivity (Wildman–Crippen MR) is 43.4 cm³/mol. The van der Waals surface area contributed by atoms with Gasteiger partial charge >= 0.3 is 5.97 Å². The highest BCUT2D eigenvalue weighted by Gasteiger charge is 2.25. The van der Waals surface area contributed by atoms with E-state index in [1.54, 1.807) is 0 Å². The van der Waals surface area contributed by atoms with Crippen molar-refractivity contribution >= 4 is 5.97 Å². The first-order chi connectivity index (χ1) is 5.24. The zero-order chi connectivity index (χ0) is 8.27. The SMILES string of the molecule is CC[C@H]1CCC[C@@H](C(=O)O)C1. The van der Waals surface area contributed by atoms with Gasteiger partial charge in [0.2, 0.25) is 0 Å². The second-order valence-corrected chi connectivity index (χ2v) is 3.48. The molecule has 1 fully saturated rings. The van der Waals surface area contributed by atoms with Gasteiger partial charge in [0.05, 0.1) is 5.92 Å². The van der Waals surface area contributed by atoms with Crippen LogP contribution in [0.4, 0.5) is 0 Å². The van der Waals surface area contributed by atoms with Crippen molar-refractivity contribution in [3.05, 3.63) is 0 Å². The molecule has 11 heavy (non-hydrogen) atoms. The molecule has 1 N–H and O–H groups in total. The molecule has 2 nitrogen and oxygen atoms in total. The molecule has 0 radical (unpaired) electrons. The smallest absolute Gasteiger partial charge is 0.306 e. The normalized spacial score (nSPS) is 31.7. The third-order valence-corrected chi connectivity index (χ3v) is 2.71. The van der Waals surface area contributed by atoms with Crippen LogP contribution in [0.2, 0.25) is 0 Å². The molecular weight excluding hydrogens is 140 g/mol. The lowest BCUT2D eigenvalue weighted by molar-refractivity contribution is -0.143. The Morgan fingerprint density at radius 3 is 2.82 bits per heavy atom. The maximum Gasteiger partial charge on any atom is 0.306 e. The zero-order valence-corrected chi connectivity index (χ0v) is 7.05. The first-order valence-electron chi connectivity index (χ1n) is 4.46. The molecule has 0 aliphatic heterocycles. The minimum atomic E-state index is -0.594. The van der Waals surface area contributed by atoms with Gasteiger partial charge in [-0.25, -0.2) is 0 Å². The molecule has 0 aromatic heterocycles. The third kappa shape index (κ3) is 2.21. The van der Waals surface area contributed by atoms with E-state index in [-0.39, 0.29) is 5.92 Å². The summed E-state index contributed by atoms with van der Waals surface area (Å²) in [4.78, 5) is 10.6. The zero-order valence-electron chi connectivity index (χ0n) is 7.05. The summed E-state index contributed by atoms with van der Waals surface area (Å²) in [6.07, 6.45) is 5.29. The predicted octanol–water partition coefficient (Wildman–Crippen LogP) is 2.29. The molecule has 0 spiro atoms. The van der Waals surface area contributed by atoms with Crippen LogP contribution in [0.5, 0.6) is 0 Å². The summed E-state index contributed by atoms with van der Waals surface area (Å²) in [6, 6.07) is 0. The molecule has 1 aliphatic carbocycles. The number of hydrogen-bond acceptors (Lipinski definition) is 1. The van der Waals surface area contributed by atoms with Gasteiger partial charge in [0.1, 0.15) is 0 Å². The van der Waals surface area contributed by atoms with Gasteiger partial charge in [-0.1, -0.05) is 26.2 Å². The molecule has 2 atom stereocenters. The average Bonchev–Trinajstić information content (AvgIpc) is 2.05. The molecule has 0 aromatic rings. The van der Waals surface area contributed by atoms with Gasteiger partial charge in [-0.3, -0.25) is 4.79 Å². The van der Waals surface area contributed by atoms with Crippen molar-refractivity contribution in [3.63, 3.8) is 0 Å². The van der Waals surface area contributed by atoms with Crippen molar-refractivity contribution in [2.75, 3.05) is 0 Å². The van der Waals surface area contributed by atoms with Crippen LogP contribution in [0.3, 0.4) is 0 Å². The maximum absolute atomic E-state index is 10.6. The summed E-state index contributed by atoms with van der Waals surface area (Å²) >= 11 is 0. The van der Waals surface area contributed by atoms with E-state index in [0.29, 0.717) is 5.92 Å². The molecule has 2 heteroatoms. The Balaban J connectivity index is 2.39. The quantitative estimate of drug-likeness (QED) is 0.666. The van der Waals surface area contributed by atoms with E-state index in [0.717, 1.165) is 25.7 Å². The largest absolute Gasteiger partial charge is 0.481 e.